The average molecular weight is 924 g/mol. The predicted octanol–water partition coefficient (Wildman–Crippen LogP) is 15.6. The summed E-state index contributed by atoms with van der Waals surface area (Å²) in [5.41, 5.74) is 15.0. The smallest absolute Gasteiger partial charge is 0.159 e. The standard InChI is InChI=1S/C67H49N5/c1-4-15-47(16-5-1)62-43-63(48-17-6-2-7-18-48)69-64(68-62)50-31-26-45(27-32-50)53-36-38-58-55(40-53)22-12-24-60(58)61-25-13-23-56-41-54(37-39-59(56)61)46-28-33-51(34-29-46)66-70-65(49-19-8-3-9-20-49)71-67(72-66)57-35-30-44-14-10-11-21-52(44)42-57/h1-43,62,64,67-69H,(H,70,71,72). The van der Waals surface area contributed by atoms with Gasteiger partial charge in [-0.3, -0.25) is 5.32 Å². The average Bonchev–Trinajstić information content (AvgIpc) is 3.47. The van der Waals surface area contributed by atoms with Crippen molar-refractivity contribution in [3.8, 4) is 33.4 Å². The SMILES string of the molecule is C1=C(c2ccccc2)NC(c2ccc(-c3ccc4c(-c5cccc6cc(-c7ccc(C8=NC(c9ccccc9)=NC(c9ccc%10ccccc%10c9)N8)cc7)ccc56)cccc4c3)cc2)NC1c1ccccc1. The van der Waals surface area contributed by atoms with E-state index in [2.05, 4.69) is 259 Å². The van der Waals surface area contributed by atoms with Crippen LogP contribution in [0.3, 0.4) is 0 Å². The van der Waals surface area contributed by atoms with Gasteiger partial charge in [-0.25, -0.2) is 9.98 Å². The number of amidine groups is 2. The van der Waals surface area contributed by atoms with Crippen LogP contribution in [0.5, 0.6) is 0 Å². The molecule has 3 unspecified atom stereocenters. The number of nitrogens with zero attached hydrogens (tertiary/aromatic N) is 2. The van der Waals surface area contributed by atoms with Crippen LogP contribution < -0.4 is 16.0 Å². The Labute approximate surface area is 419 Å². The number of hydrogen-bond acceptors (Lipinski definition) is 5. The molecule has 0 fully saturated rings. The van der Waals surface area contributed by atoms with Crippen molar-refractivity contribution in [2.45, 2.75) is 18.4 Å². The number of rotatable bonds is 9. The van der Waals surface area contributed by atoms with Gasteiger partial charge in [-0.15, -0.1) is 0 Å². The Balaban J connectivity index is 0.754. The van der Waals surface area contributed by atoms with Crippen molar-refractivity contribution in [1.29, 1.82) is 0 Å². The summed E-state index contributed by atoms with van der Waals surface area (Å²) in [5.74, 6) is 1.52. The van der Waals surface area contributed by atoms with Crippen LogP contribution >= 0.6 is 0 Å². The summed E-state index contributed by atoms with van der Waals surface area (Å²) in [4.78, 5) is 10.2. The molecule has 342 valence electrons. The van der Waals surface area contributed by atoms with Crippen LogP contribution in [0.15, 0.2) is 271 Å². The molecule has 72 heavy (non-hydrogen) atoms. The summed E-state index contributed by atoms with van der Waals surface area (Å²) in [5, 5.41) is 18.6. The van der Waals surface area contributed by atoms with E-state index in [1.54, 1.807) is 0 Å². The third-order valence-corrected chi connectivity index (χ3v) is 14.2. The van der Waals surface area contributed by atoms with Crippen LogP contribution in [-0.2, 0) is 0 Å². The van der Waals surface area contributed by atoms with E-state index in [1.807, 2.05) is 18.2 Å². The molecule has 3 atom stereocenters. The third kappa shape index (κ3) is 8.42. The Bertz CT molecular complexity index is 3880. The van der Waals surface area contributed by atoms with E-state index in [-0.39, 0.29) is 18.4 Å². The molecular weight excluding hydrogens is 875 g/mol. The summed E-state index contributed by atoms with van der Waals surface area (Å²) >= 11 is 0. The lowest BCUT2D eigenvalue weighted by molar-refractivity contribution is 0.443. The highest BCUT2D eigenvalue weighted by atomic mass is 15.2. The summed E-state index contributed by atoms with van der Waals surface area (Å²) in [7, 11) is 0. The molecule has 2 aliphatic rings. The quantitative estimate of drug-likeness (QED) is 0.135. The lowest BCUT2D eigenvalue weighted by atomic mass is 9.91. The molecule has 0 saturated carbocycles. The first-order chi connectivity index (χ1) is 35.6. The van der Waals surface area contributed by atoms with Gasteiger partial charge >= 0.3 is 0 Å². The molecule has 5 nitrogen and oxygen atoms in total. The van der Waals surface area contributed by atoms with Crippen molar-refractivity contribution < 1.29 is 0 Å². The van der Waals surface area contributed by atoms with E-state index in [1.165, 1.54) is 71.3 Å². The molecule has 0 saturated heterocycles. The Kier molecular flexibility index (Phi) is 11.1. The van der Waals surface area contributed by atoms with Crippen molar-refractivity contribution in [1.82, 2.24) is 16.0 Å². The minimum Gasteiger partial charge on any atom is -0.366 e. The highest BCUT2D eigenvalue weighted by Gasteiger charge is 2.25. The van der Waals surface area contributed by atoms with Gasteiger partial charge < -0.3 is 10.6 Å². The fraction of sp³-hybridized carbons (Fsp3) is 0.0448. The van der Waals surface area contributed by atoms with Gasteiger partial charge in [-0.2, -0.15) is 0 Å². The van der Waals surface area contributed by atoms with Crippen molar-refractivity contribution in [3.63, 3.8) is 0 Å². The first-order valence-electron chi connectivity index (χ1n) is 24.7. The fourth-order valence-electron chi connectivity index (χ4n) is 10.4. The minimum absolute atomic E-state index is 0.0545. The zero-order valence-corrected chi connectivity index (χ0v) is 39.5. The molecule has 3 N–H and O–H groups in total. The lowest BCUT2D eigenvalue weighted by Gasteiger charge is -2.33. The first kappa shape index (κ1) is 42.9. The normalized spacial score (nSPS) is 16.6. The second-order valence-corrected chi connectivity index (χ2v) is 18.7. The molecule has 2 aliphatic heterocycles. The zero-order chi connectivity index (χ0) is 47.8. The molecule has 0 bridgehead atoms. The van der Waals surface area contributed by atoms with Crippen LogP contribution in [0, 0.1) is 0 Å². The van der Waals surface area contributed by atoms with E-state index in [4.69, 9.17) is 9.98 Å². The minimum atomic E-state index is -0.280. The van der Waals surface area contributed by atoms with Gasteiger partial charge in [0.05, 0.1) is 6.04 Å². The monoisotopic (exact) mass is 923 g/mol. The van der Waals surface area contributed by atoms with E-state index in [0.717, 1.165) is 39.3 Å². The molecule has 0 aromatic heterocycles. The van der Waals surface area contributed by atoms with Crippen molar-refractivity contribution in [2.75, 3.05) is 0 Å². The third-order valence-electron chi connectivity index (χ3n) is 14.2. The summed E-state index contributed by atoms with van der Waals surface area (Å²) in [6, 6.07) is 91.3. The van der Waals surface area contributed by atoms with Crippen LogP contribution in [0.2, 0.25) is 0 Å². The van der Waals surface area contributed by atoms with Gasteiger partial charge in [0.1, 0.15) is 18.2 Å². The Morgan fingerprint density at radius 1 is 0.333 bits per heavy atom. The molecular formula is C67H49N5. The van der Waals surface area contributed by atoms with E-state index >= 15 is 0 Å². The molecule has 11 aromatic carbocycles. The number of hydrogen-bond donors (Lipinski definition) is 3. The van der Waals surface area contributed by atoms with Crippen molar-refractivity contribution in [2.24, 2.45) is 9.98 Å². The van der Waals surface area contributed by atoms with Gasteiger partial charge in [-0.05, 0) is 112 Å². The second kappa shape index (κ2) is 18.6. The molecule has 11 aromatic rings. The topological polar surface area (TPSA) is 60.8 Å². The maximum atomic E-state index is 5.11. The van der Waals surface area contributed by atoms with E-state index in [0.29, 0.717) is 5.84 Å². The van der Waals surface area contributed by atoms with Gasteiger partial charge in [0.2, 0.25) is 0 Å². The molecule has 0 amide bonds. The van der Waals surface area contributed by atoms with Gasteiger partial charge in [-0.1, -0.05) is 237 Å². The lowest BCUT2D eigenvalue weighted by Crippen LogP contribution is -2.39. The van der Waals surface area contributed by atoms with E-state index in [9.17, 15) is 0 Å². The molecule has 2 heterocycles. The fourth-order valence-corrected chi connectivity index (χ4v) is 10.4. The number of fused-ring (bicyclic) bond motifs is 3. The van der Waals surface area contributed by atoms with Crippen molar-refractivity contribution >= 4 is 49.7 Å². The summed E-state index contributed by atoms with van der Waals surface area (Å²) in [6.07, 6.45) is 1.96. The number of nitrogens with one attached hydrogen (secondary N) is 3. The number of benzene rings is 11. The van der Waals surface area contributed by atoms with Crippen molar-refractivity contribution in [3.05, 3.63) is 294 Å². The highest BCUT2D eigenvalue weighted by molar-refractivity contribution is 6.13. The molecule has 0 spiro atoms. The number of aliphatic imine (C=N–C) groups is 2. The Morgan fingerprint density at radius 2 is 0.861 bits per heavy atom. The van der Waals surface area contributed by atoms with E-state index < -0.39 is 0 Å². The van der Waals surface area contributed by atoms with Crippen LogP contribution in [0.25, 0.3) is 71.4 Å². The maximum absolute atomic E-state index is 5.11. The molecule has 13 rings (SSSR count). The zero-order valence-electron chi connectivity index (χ0n) is 39.5. The van der Waals surface area contributed by atoms with Gasteiger partial charge in [0, 0.05) is 16.8 Å². The molecule has 0 aliphatic carbocycles. The molecule has 0 radical (unpaired) electrons. The highest BCUT2D eigenvalue weighted by Crippen LogP contribution is 2.38. The second-order valence-electron chi connectivity index (χ2n) is 18.7. The summed E-state index contributed by atoms with van der Waals surface area (Å²) < 4.78 is 0. The predicted molar refractivity (Wildman–Crippen MR) is 300 cm³/mol. The first-order valence-corrected chi connectivity index (χ1v) is 24.7. The Morgan fingerprint density at radius 3 is 1.51 bits per heavy atom. The largest absolute Gasteiger partial charge is 0.366 e. The van der Waals surface area contributed by atoms with Crippen LogP contribution in [0.1, 0.15) is 51.8 Å². The molecule has 5 heteroatoms. The van der Waals surface area contributed by atoms with Crippen LogP contribution in [-0.4, -0.2) is 11.7 Å². The van der Waals surface area contributed by atoms with Gasteiger partial charge in [0.25, 0.3) is 0 Å². The van der Waals surface area contributed by atoms with Crippen LogP contribution in [0.4, 0.5) is 0 Å². The van der Waals surface area contributed by atoms with Gasteiger partial charge in [0.15, 0.2) is 5.84 Å². The maximum Gasteiger partial charge on any atom is 0.159 e. The summed E-state index contributed by atoms with van der Waals surface area (Å²) in [6.45, 7) is 0. The Hall–Kier alpha value is -9.16.